The zero-order valence-corrected chi connectivity index (χ0v) is 11.5. The van der Waals surface area contributed by atoms with E-state index in [2.05, 4.69) is 6.92 Å². The van der Waals surface area contributed by atoms with E-state index >= 15 is 0 Å². The Morgan fingerprint density at radius 1 is 1.16 bits per heavy atom. The number of carbonyl (C=O) groups excluding carboxylic acids is 1. The fourth-order valence-electron chi connectivity index (χ4n) is 1.36. The van der Waals surface area contributed by atoms with E-state index in [1.807, 2.05) is 24.3 Å². The standard InChI is InChI=1S/C14H22N2O3/c1-3-9-18-11-4-6-12(7-5-11)19-10-8-14(2,16)13(15)17/h4-7H,3,8-10,16H2,1-2H3,(H2,15,17). The fourth-order valence-corrected chi connectivity index (χ4v) is 1.36. The third kappa shape index (κ3) is 5.18. The lowest BCUT2D eigenvalue weighted by Gasteiger charge is -2.20. The first-order valence-electron chi connectivity index (χ1n) is 6.40. The SMILES string of the molecule is CCCOc1ccc(OCCC(C)(N)C(N)=O)cc1. The molecule has 0 saturated heterocycles. The Kier molecular flexibility index (Phi) is 5.63. The van der Waals surface area contributed by atoms with Crippen molar-refractivity contribution in [2.45, 2.75) is 32.2 Å². The van der Waals surface area contributed by atoms with E-state index in [4.69, 9.17) is 20.9 Å². The smallest absolute Gasteiger partial charge is 0.237 e. The summed E-state index contributed by atoms with van der Waals surface area (Å²) in [6.45, 7) is 4.69. The maximum absolute atomic E-state index is 11.0. The highest BCUT2D eigenvalue weighted by Gasteiger charge is 2.25. The van der Waals surface area contributed by atoms with E-state index in [0.29, 0.717) is 25.4 Å². The predicted octanol–water partition coefficient (Wildman–Crippen LogP) is 1.45. The maximum atomic E-state index is 11.0. The molecule has 0 fully saturated rings. The minimum Gasteiger partial charge on any atom is -0.494 e. The third-order valence-corrected chi connectivity index (χ3v) is 2.75. The number of hydrogen-bond donors (Lipinski definition) is 2. The molecule has 1 rings (SSSR count). The summed E-state index contributed by atoms with van der Waals surface area (Å²) in [5.74, 6) is 0.999. The van der Waals surface area contributed by atoms with Crippen molar-refractivity contribution in [2.75, 3.05) is 13.2 Å². The third-order valence-electron chi connectivity index (χ3n) is 2.75. The summed E-state index contributed by atoms with van der Waals surface area (Å²) in [4.78, 5) is 11.0. The first-order valence-corrected chi connectivity index (χ1v) is 6.40. The molecule has 5 heteroatoms. The van der Waals surface area contributed by atoms with Gasteiger partial charge < -0.3 is 20.9 Å². The van der Waals surface area contributed by atoms with Gasteiger partial charge in [-0.1, -0.05) is 6.92 Å². The van der Waals surface area contributed by atoms with Gasteiger partial charge in [0.05, 0.1) is 18.8 Å². The topological polar surface area (TPSA) is 87.6 Å². The van der Waals surface area contributed by atoms with Crippen LogP contribution in [0.1, 0.15) is 26.7 Å². The molecule has 0 aliphatic rings. The molecule has 0 heterocycles. The number of nitrogens with two attached hydrogens (primary N) is 2. The summed E-state index contributed by atoms with van der Waals surface area (Å²) in [7, 11) is 0. The van der Waals surface area contributed by atoms with Gasteiger partial charge >= 0.3 is 0 Å². The van der Waals surface area contributed by atoms with Crippen molar-refractivity contribution in [1.82, 2.24) is 0 Å². The van der Waals surface area contributed by atoms with Crippen molar-refractivity contribution in [3.63, 3.8) is 0 Å². The Bertz CT molecular complexity index is 402. The van der Waals surface area contributed by atoms with Crippen molar-refractivity contribution in [2.24, 2.45) is 11.5 Å². The molecule has 0 spiro atoms. The minimum atomic E-state index is -1.04. The Balaban J connectivity index is 2.40. The first kappa shape index (κ1) is 15.3. The van der Waals surface area contributed by atoms with Gasteiger partial charge in [-0.3, -0.25) is 4.79 Å². The summed E-state index contributed by atoms with van der Waals surface area (Å²) in [5, 5.41) is 0. The van der Waals surface area contributed by atoms with E-state index in [0.717, 1.165) is 12.2 Å². The molecule has 1 amide bonds. The molecule has 19 heavy (non-hydrogen) atoms. The molecule has 1 aromatic carbocycles. The second-order valence-electron chi connectivity index (χ2n) is 4.70. The molecule has 1 aromatic rings. The van der Waals surface area contributed by atoms with Crippen molar-refractivity contribution in [3.8, 4) is 11.5 Å². The Morgan fingerprint density at radius 2 is 1.63 bits per heavy atom. The number of rotatable bonds is 8. The van der Waals surface area contributed by atoms with Gasteiger partial charge in [-0.05, 0) is 37.6 Å². The van der Waals surface area contributed by atoms with Gasteiger partial charge in [0.2, 0.25) is 5.91 Å². The molecule has 0 saturated carbocycles. The van der Waals surface area contributed by atoms with Gasteiger partial charge in [0, 0.05) is 6.42 Å². The largest absolute Gasteiger partial charge is 0.494 e. The van der Waals surface area contributed by atoms with Crippen LogP contribution in [0, 0.1) is 0 Å². The number of primary amides is 1. The monoisotopic (exact) mass is 266 g/mol. The van der Waals surface area contributed by atoms with Crippen LogP contribution in [0.25, 0.3) is 0 Å². The van der Waals surface area contributed by atoms with Gasteiger partial charge in [0.25, 0.3) is 0 Å². The molecule has 106 valence electrons. The van der Waals surface area contributed by atoms with E-state index in [9.17, 15) is 4.79 Å². The molecule has 5 nitrogen and oxygen atoms in total. The highest BCUT2D eigenvalue weighted by atomic mass is 16.5. The predicted molar refractivity (Wildman–Crippen MR) is 74.1 cm³/mol. The lowest BCUT2D eigenvalue weighted by atomic mass is 9.99. The molecule has 4 N–H and O–H groups in total. The Morgan fingerprint density at radius 3 is 2.05 bits per heavy atom. The van der Waals surface area contributed by atoms with E-state index in [-0.39, 0.29) is 0 Å². The van der Waals surface area contributed by atoms with Crippen LogP contribution in [-0.2, 0) is 4.79 Å². The average Bonchev–Trinajstić information content (AvgIpc) is 2.37. The van der Waals surface area contributed by atoms with Gasteiger partial charge in [-0.15, -0.1) is 0 Å². The van der Waals surface area contributed by atoms with Crippen molar-refractivity contribution >= 4 is 5.91 Å². The van der Waals surface area contributed by atoms with Crippen LogP contribution < -0.4 is 20.9 Å². The Hall–Kier alpha value is -1.75. The number of amides is 1. The summed E-state index contributed by atoms with van der Waals surface area (Å²) < 4.78 is 11.0. The van der Waals surface area contributed by atoms with Crippen LogP contribution in [0.2, 0.25) is 0 Å². The van der Waals surface area contributed by atoms with Crippen LogP contribution in [0.15, 0.2) is 24.3 Å². The Labute approximate surface area is 113 Å². The fraction of sp³-hybridized carbons (Fsp3) is 0.500. The zero-order valence-electron chi connectivity index (χ0n) is 11.5. The van der Waals surface area contributed by atoms with E-state index < -0.39 is 11.4 Å². The van der Waals surface area contributed by atoms with E-state index in [1.165, 1.54) is 0 Å². The van der Waals surface area contributed by atoms with Gasteiger partial charge in [0.1, 0.15) is 11.5 Å². The lowest BCUT2D eigenvalue weighted by Crippen LogP contribution is -2.50. The summed E-state index contributed by atoms with van der Waals surface area (Å²) in [6, 6.07) is 7.34. The second-order valence-corrected chi connectivity index (χ2v) is 4.70. The minimum absolute atomic E-state index is 0.338. The molecule has 0 aromatic heterocycles. The normalized spacial score (nSPS) is 13.6. The summed E-state index contributed by atoms with van der Waals surface area (Å²) >= 11 is 0. The van der Waals surface area contributed by atoms with Crippen molar-refractivity contribution in [1.29, 1.82) is 0 Å². The quantitative estimate of drug-likeness (QED) is 0.745. The molecule has 0 radical (unpaired) electrons. The molecule has 0 bridgehead atoms. The first-order chi connectivity index (χ1) is 8.95. The van der Waals surface area contributed by atoms with E-state index in [1.54, 1.807) is 6.92 Å². The molecular formula is C14H22N2O3. The maximum Gasteiger partial charge on any atom is 0.237 e. The highest BCUT2D eigenvalue weighted by Crippen LogP contribution is 2.18. The zero-order chi connectivity index (χ0) is 14.3. The van der Waals surface area contributed by atoms with Gasteiger partial charge in [0.15, 0.2) is 0 Å². The second kappa shape index (κ2) is 6.99. The van der Waals surface area contributed by atoms with Gasteiger partial charge in [-0.2, -0.15) is 0 Å². The molecular weight excluding hydrogens is 244 g/mol. The number of ether oxygens (including phenoxy) is 2. The number of hydrogen-bond acceptors (Lipinski definition) is 4. The lowest BCUT2D eigenvalue weighted by molar-refractivity contribution is -0.123. The molecule has 1 atom stereocenters. The summed E-state index contributed by atoms with van der Waals surface area (Å²) in [5.41, 5.74) is 9.87. The summed E-state index contributed by atoms with van der Waals surface area (Å²) in [6.07, 6.45) is 1.34. The van der Waals surface area contributed by atoms with Crippen LogP contribution in [0.3, 0.4) is 0 Å². The van der Waals surface area contributed by atoms with Crippen molar-refractivity contribution in [3.05, 3.63) is 24.3 Å². The van der Waals surface area contributed by atoms with Crippen LogP contribution in [-0.4, -0.2) is 24.7 Å². The molecule has 1 unspecified atom stereocenters. The van der Waals surface area contributed by atoms with Crippen LogP contribution >= 0.6 is 0 Å². The molecule has 0 aliphatic heterocycles. The number of carbonyl (C=O) groups is 1. The molecule has 0 aliphatic carbocycles. The number of benzene rings is 1. The van der Waals surface area contributed by atoms with Crippen LogP contribution in [0.4, 0.5) is 0 Å². The van der Waals surface area contributed by atoms with Crippen molar-refractivity contribution < 1.29 is 14.3 Å². The van der Waals surface area contributed by atoms with Crippen LogP contribution in [0.5, 0.6) is 11.5 Å². The van der Waals surface area contributed by atoms with Gasteiger partial charge in [-0.25, -0.2) is 0 Å². The highest BCUT2D eigenvalue weighted by molar-refractivity contribution is 5.83. The average molecular weight is 266 g/mol.